The van der Waals surface area contributed by atoms with Gasteiger partial charge in [-0.1, -0.05) is 6.05 Å². The van der Waals surface area contributed by atoms with Crippen molar-refractivity contribution in [3.8, 4) is 11.8 Å². The maximum absolute atomic E-state index is 14.4. The number of nitrogens with zero attached hydrogens (tertiary/aromatic N) is 3. The first-order valence-electron chi connectivity index (χ1n) is 16.1. The fourth-order valence-electron chi connectivity index (χ4n) is 2.73. The molecule has 0 aliphatic heterocycles. The fraction of sp³-hybridized carbons (Fsp3) is 0.269. The second-order valence-corrected chi connectivity index (χ2v) is 6.63. The van der Waals surface area contributed by atoms with Crippen molar-refractivity contribution in [3.05, 3.63) is 71.0 Å². The molecule has 33 heavy (non-hydrogen) atoms. The number of allylic oxidation sites excluding steroid dienone is 1. The van der Waals surface area contributed by atoms with E-state index < -0.39 is 96.9 Å². The Morgan fingerprint density at radius 1 is 1.48 bits per heavy atom. The van der Waals surface area contributed by atoms with Crippen LogP contribution in [0.1, 0.15) is 41.4 Å². The van der Waals surface area contributed by atoms with Gasteiger partial charge >= 0.3 is 0 Å². The minimum Gasteiger partial charge on any atom is -0.494 e. The summed E-state index contributed by atoms with van der Waals surface area (Å²) in [4.78, 5) is 17.4. The normalized spacial score (nSPS) is 18.2. The van der Waals surface area contributed by atoms with Gasteiger partial charge in [-0.3, -0.25) is 9.78 Å². The van der Waals surface area contributed by atoms with Crippen LogP contribution in [0.3, 0.4) is 0 Å². The van der Waals surface area contributed by atoms with Gasteiger partial charge in [0.25, 0.3) is 0 Å². The zero-order valence-corrected chi connectivity index (χ0v) is 18.0. The first-order valence-corrected chi connectivity index (χ1v) is 9.62. The van der Waals surface area contributed by atoms with E-state index in [1.807, 2.05) is 0 Å². The molecule has 0 fully saturated rings. The minimum absolute atomic E-state index is 0.0993. The number of pyridine rings is 1. The topological polar surface area (TPSA) is 78.2 Å². The summed E-state index contributed by atoms with van der Waals surface area (Å²) in [7, 11) is 0.843. The monoisotopic (exact) mass is 459 g/mol. The van der Waals surface area contributed by atoms with Crippen LogP contribution in [0.2, 0.25) is 0 Å². The quantitative estimate of drug-likeness (QED) is 0.457. The number of aromatic nitrogens is 1. The van der Waals surface area contributed by atoms with Gasteiger partial charge in [0.1, 0.15) is 17.6 Å². The molecule has 0 aliphatic rings. The molecular weight excluding hydrogens is 419 g/mol. The van der Waals surface area contributed by atoms with Crippen LogP contribution in [-0.2, 0) is 11.2 Å². The van der Waals surface area contributed by atoms with Crippen LogP contribution in [-0.4, -0.2) is 42.8 Å². The van der Waals surface area contributed by atoms with Crippen LogP contribution in [0.25, 0.3) is 10.9 Å². The third-order valence-corrected chi connectivity index (χ3v) is 4.15. The van der Waals surface area contributed by atoms with Gasteiger partial charge in [0, 0.05) is 48.6 Å². The van der Waals surface area contributed by atoms with E-state index in [-0.39, 0.29) is 39.3 Å². The molecule has 0 aliphatic carbocycles. The molecule has 0 amide bonds. The highest BCUT2D eigenvalue weighted by atomic mass is 19.1. The summed E-state index contributed by atoms with van der Waals surface area (Å²) < 4.78 is 125. The van der Waals surface area contributed by atoms with Crippen molar-refractivity contribution in [2.45, 2.75) is 20.3 Å². The SMILES string of the molecule is [2H]/C(C(=O)Cc1c(OCC)c([2H])c2nc([2H])c(C#N)c(Nc3c([2H])c([2H])c(F)c(C)c3[2H])c2c1[2H])=C(/[2H])C([2H])([2H])N(C)C([2H])([2H])[2H]. The smallest absolute Gasteiger partial charge is 0.159 e. The van der Waals surface area contributed by atoms with Crippen LogP contribution >= 0.6 is 0 Å². The summed E-state index contributed by atoms with van der Waals surface area (Å²) in [5.41, 5.74) is -2.46. The Kier molecular flexibility index (Phi) is 3.87. The molecule has 3 aromatic rings. The molecule has 0 saturated carbocycles. The Morgan fingerprint density at radius 3 is 3.03 bits per heavy atom. The fourth-order valence-corrected chi connectivity index (χ4v) is 2.73. The Bertz CT molecular complexity index is 1810. The number of rotatable bonds is 9. The first-order chi connectivity index (χ1) is 21.1. The summed E-state index contributed by atoms with van der Waals surface area (Å²) in [6.07, 6.45) is -1.62. The number of anilines is 2. The Morgan fingerprint density at radius 2 is 2.30 bits per heavy atom. The largest absolute Gasteiger partial charge is 0.494 e. The predicted molar refractivity (Wildman–Crippen MR) is 128 cm³/mol. The number of benzene rings is 2. The summed E-state index contributed by atoms with van der Waals surface area (Å²) in [5, 5.41) is 12.1. The number of halogens is 1. The van der Waals surface area contributed by atoms with E-state index in [9.17, 15) is 14.4 Å². The molecule has 0 radical (unpaired) electrons. The number of nitriles is 1. The molecule has 6 nitrogen and oxygen atoms in total. The van der Waals surface area contributed by atoms with Gasteiger partial charge in [0.15, 0.2) is 5.78 Å². The molecule has 0 unspecified atom stereocenters. The Balaban J connectivity index is 2.37. The van der Waals surface area contributed by atoms with Crippen molar-refractivity contribution < 1.29 is 31.7 Å². The van der Waals surface area contributed by atoms with Crippen molar-refractivity contribution in [1.29, 1.82) is 5.26 Å². The minimum atomic E-state index is -3.09. The Hall–Kier alpha value is -3.76. The number of nitrogens with one attached hydrogen (secondary N) is 1. The lowest BCUT2D eigenvalue weighted by Gasteiger charge is -2.15. The number of carbonyl (C=O) groups is 1. The van der Waals surface area contributed by atoms with E-state index >= 15 is 0 Å². The van der Waals surface area contributed by atoms with Gasteiger partial charge < -0.3 is 15.0 Å². The third kappa shape index (κ3) is 5.93. The van der Waals surface area contributed by atoms with Crippen LogP contribution in [0, 0.1) is 24.1 Å². The van der Waals surface area contributed by atoms with Gasteiger partial charge in [-0.15, -0.1) is 0 Å². The van der Waals surface area contributed by atoms with Crippen molar-refractivity contribution in [1.82, 2.24) is 9.88 Å². The van der Waals surface area contributed by atoms with Crippen molar-refractivity contribution in [2.75, 3.05) is 32.4 Å². The molecule has 3 rings (SSSR count). The number of ketones is 1. The zero-order chi connectivity index (χ0) is 35.2. The average Bonchev–Trinajstić information content (AvgIpc) is 2.99. The lowest BCUT2D eigenvalue weighted by molar-refractivity contribution is -0.114. The van der Waals surface area contributed by atoms with Crippen LogP contribution in [0.5, 0.6) is 5.75 Å². The molecular formula is C26H27FN4O2. The van der Waals surface area contributed by atoms with E-state index in [4.69, 9.17) is 22.6 Å². The number of likely N-dealkylation sites (N-methyl/N-ethyl adjacent to an activating group) is 1. The molecule has 1 N–H and O–H groups in total. The van der Waals surface area contributed by atoms with E-state index in [1.165, 1.54) is 13.8 Å². The molecule has 0 spiro atoms. The van der Waals surface area contributed by atoms with Crippen LogP contribution in [0.15, 0.2) is 48.5 Å². The second-order valence-electron chi connectivity index (χ2n) is 6.63. The summed E-state index contributed by atoms with van der Waals surface area (Å²) in [6.45, 7) is -3.51. The molecule has 1 aromatic heterocycles. The molecule has 7 heteroatoms. The summed E-state index contributed by atoms with van der Waals surface area (Å²) in [5.74, 6) is -2.76. The Labute approximate surface area is 211 Å². The van der Waals surface area contributed by atoms with Crippen LogP contribution < -0.4 is 10.1 Å². The maximum Gasteiger partial charge on any atom is 0.159 e. The number of hydrogen-bond donors (Lipinski definition) is 1. The molecule has 0 atom stereocenters. The van der Waals surface area contributed by atoms with Gasteiger partial charge in [-0.05, 0) is 63.7 Å². The maximum atomic E-state index is 14.4. The lowest BCUT2D eigenvalue weighted by Crippen LogP contribution is -2.11. The van der Waals surface area contributed by atoms with Gasteiger partial charge in [0.05, 0.1) is 34.3 Å². The second kappa shape index (κ2) is 10.7. The van der Waals surface area contributed by atoms with Gasteiger partial charge in [-0.25, -0.2) is 4.39 Å². The first kappa shape index (κ1) is 11.9. The highest BCUT2D eigenvalue weighted by Crippen LogP contribution is 2.34. The standard InChI is InChI=1S/C26H27FN4O2/c1-5-33-25-14-24-22(13-18(25)12-21(32)7-6-10-31(3)4)26(19(15-28)16-29-24)30-20-8-9-23(27)17(2)11-20/h6-9,11,13-14,16H,5,10,12H2,1-4H3,(H,29,30)/b7-6+/i3D3,6D,7D,8D,9D,10D2,11D,13D,14D,16D. The predicted octanol–water partition coefficient (Wildman–Crippen LogP) is 4.93. The molecule has 170 valence electrons. The zero-order valence-electron chi connectivity index (χ0n) is 31.0. The molecule has 2 aromatic carbocycles. The summed E-state index contributed by atoms with van der Waals surface area (Å²) >= 11 is 0. The highest BCUT2D eigenvalue weighted by molar-refractivity contribution is 5.98. The number of fused-ring (bicyclic) bond motifs is 1. The van der Waals surface area contributed by atoms with Crippen molar-refractivity contribution >= 4 is 28.1 Å². The van der Waals surface area contributed by atoms with Gasteiger partial charge in [0.2, 0.25) is 0 Å². The lowest BCUT2D eigenvalue weighted by atomic mass is 10.0. The summed E-state index contributed by atoms with van der Waals surface area (Å²) in [6, 6.07) is -4.21. The number of hydrogen-bond acceptors (Lipinski definition) is 6. The number of ether oxygens (including phenoxy) is 1. The van der Waals surface area contributed by atoms with E-state index in [1.54, 1.807) is 6.07 Å². The highest BCUT2D eigenvalue weighted by Gasteiger charge is 2.16. The number of carbonyl (C=O) groups excluding carboxylic acids is 1. The average molecular weight is 460 g/mol. The molecule has 0 bridgehead atoms. The molecule has 0 saturated heterocycles. The van der Waals surface area contributed by atoms with Gasteiger partial charge in [-0.2, -0.15) is 5.26 Å². The van der Waals surface area contributed by atoms with E-state index in [2.05, 4.69) is 10.3 Å². The van der Waals surface area contributed by atoms with Crippen molar-refractivity contribution in [2.24, 2.45) is 0 Å². The van der Waals surface area contributed by atoms with E-state index in [0.717, 1.165) is 7.05 Å². The van der Waals surface area contributed by atoms with Crippen LogP contribution in [0.4, 0.5) is 15.8 Å². The van der Waals surface area contributed by atoms with E-state index in [0.29, 0.717) is 0 Å². The molecule has 1 heterocycles. The third-order valence-electron chi connectivity index (χ3n) is 4.15. The van der Waals surface area contributed by atoms with Crippen molar-refractivity contribution in [3.63, 3.8) is 0 Å².